The molecule has 2 aliphatic carbocycles. The van der Waals surface area contributed by atoms with Gasteiger partial charge in [0.1, 0.15) is 11.7 Å². The molecule has 0 aromatic heterocycles. The molecule has 1 heterocycles. The molecular weight excluding hydrogens is 270 g/mol. The Morgan fingerprint density at radius 2 is 1.90 bits per heavy atom. The molecule has 1 aliphatic heterocycles. The summed E-state index contributed by atoms with van der Waals surface area (Å²) in [5, 5.41) is 14.2. The second kappa shape index (κ2) is 4.27. The molecule has 6 nitrogen and oxygen atoms in total. The summed E-state index contributed by atoms with van der Waals surface area (Å²) in [7, 11) is 0. The molecule has 21 heavy (non-hydrogen) atoms. The van der Waals surface area contributed by atoms with E-state index in [2.05, 4.69) is 5.32 Å². The highest BCUT2D eigenvalue weighted by atomic mass is 16.6. The van der Waals surface area contributed by atoms with Crippen LogP contribution in [0.1, 0.15) is 43.8 Å². The molecule has 1 atom stereocenters. The maximum Gasteiger partial charge on any atom is 0.269 e. The topological polar surface area (TPSA) is 75.5 Å². The van der Waals surface area contributed by atoms with Crippen LogP contribution < -0.4 is 5.32 Å². The first-order chi connectivity index (χ1) is 10.1. The van der Waals surface area contributed by atoms with Crippen molar-refractivity contribution < 1.29 is 9.72 Å². The fourth-order valence-corrected chi connectivity index (χ4v) is 3.30. The molecular formula is C15H17N3O3. The van der Waals surface area contributed by atoms with Gasteiger partial charge in [-0.3, -0.25) is 20.2 Å². The number of carbonyl (C=O) groups excluding carboxylic acids is 1. The highest BCUT2D eigenvalue weighted by Gasteiger charge is 2.60. The van der Waals surface area contributed by atoms with Gasteiger partial charge in [0.05, 0.1) is 4.92 Å². The van der Waals surface area contributed by atoms with Crippen LogP contribution in [0.4, 0.5) is 5.69 Å². The SMILES string of the molecule is O=C1N(C2CCC2)C(c2ccc([N+](=O)[O-])cc2)NC12CC2. The number of nitro groups is 1. The maximum absolute atomic E-state index is 12.6. The third-order valence-electron chi connectivity index (χ3n) is 4.97. The number of nitrogens with one attached hydrogen (secondary N) is 1. The molecule has 6 heteroatoms. The van der Waals surface area contributed by atoms with Crippen molar-refractivity contribution in [1.29, 1.82) is 0 Å². The van der Waals surface area contributed by atoms with Crippen LogP contribution in [0.25, 0.3) is 0 Å². The van der Waals surface area contributed by atoms with Crippen molar-refractivity contribution >= 4 is 11.6 Å². The van der Waals surface area contributed by atoms with Gasteiger partial charge in [0.25, 0.3) is 5.69 Å². The first-order valence-corrected chi connectivity index (χ1v) is 7.46. The van der Waals surface area contributed by atoms with Gasteiger partial charge in [-0.25, -0.2) is 0 Å². The fraction of sp³-hybridized carbons (Fsp3) is 0.533. The van der Waals surface area contributed by atoms with Gasteiger partial charge in [0, 0.05) is 18.2 Å². The Bertz CT molecular complexity index is 605. The minimum Gasteiger partial charge on any atom is -0.318 e. The second-order valence-electron chi connectivity index (χ2n) is 6.27. The largest absolute Gasteiger partial charge is 0.318 e. The van der Waals surface area contributed by atoms with Crippen molar-refractivity contribution in [2.45, 2.75) is 49.9 Å². The van der Waals surface area contributed by atoms with Crippen molar-refractivity contribution in [3.05, 3.63) is 39.9 Å². The Balaban J connectivity index is 1.65. The summed E-state index contributed by atoms with van der Waals surface area (Å²) in [5.41, 5.74) is 0.672. The van der Waals surface area contributed by atoms with E-state index in [1.807, 2.05) is 4.90 Å². The van der Waals surface area contributed by atoms with Crippen LogP contribution in [0, 0.1) is 10.1 Å². The normalized spacial score (nSPS) is 27.0. The first kappa shape index (κ1) is 12.8. The number of hydrogen-bond acceptors (Lipinski definition) is 4. The van der Waals surface area contributed by atoms with Gasteiger partial charge in [-0.05, 0) is 49.8 Å². The fourth-order valence-electron chi connectivity index (χ4n) is 3.30. The van der Waals surface area contributed by atoms with Gasteiger partial charge >= 0.3 is 0 Å². The van der Waals surface area contributed by atoms with E-state index in [9.17, 15) is 14.9 Å². The molecule has 110 valence electrons. The number of hydrogen-bond donors (Lipinski definition) is 1. The molecule has 1 amide bonds. The smallest absolute Gasteiger partial charge is 0.269 e. The molecule has 4 rings (SSSR count). The first-order valence-electron chi connectivity index (χ1n) is 7.46. The molecule has 1 aromatic carbocycles. The summed E-state index contributed by atoms with van der Waals surface area (Å²) in [6.07, 6.45) is 4.97. The Labute approximate surface area is 122 Å². The monoisotopic (exact) mass is 287 g/mol. The van der Waals surface area contributed by atoms with E-state index in [1.54, 1.807) is 12.1 Å². The Kier molecular flexibility index (Phi) is 2.60. The minimum absolute atomic E-state index is 0.0828. The standard InChI is InChI=1S/C15H17N3O3/c19-14-15(8-9-15)16-13(17(14)11-2-1-3-11)10-4-6-12(7-5-10)18(20)21/h4-7,11,13,16H,1-3,8-9H2. The third-order valence-corrected chi connectivity index (χ3v) is 4.97. The van der Waals surface area contributed by atoms with Crippen LogP contribution in [0.15, 0.2) is 24.3 Å². The van der Waals surface area contributed by atoms with E-state index >= 15 is 0 Å². The predicted octanol–water partition coefficient (Wildman–Crippen LogP) is 2.11. The number of non-ortho nitro benzene ring substituents is 1. The van der Waals surface area contributed by atoms with Crippen LogP contribution >= 0.6 is 0 Å². The molecule has 0 radical (unpaired) electrons. The van der Waals surface area contributed by atoms with E-state index in [-0.39, 0.29) is 23.3 Å². The van der Waals surface area contributed by atoms with Gasteiger partial charge in [-0.15, -0.1) is 0 Å². The third kappa shape index (κ3) is 1.86. The van der Waals surface area contributed by atoms with Crippen molar-refractivity contribution in [1.82, 2.24) is 10.2 Å². The zero-order valence-corrected chi connectivity index (χ0v) is 11.6. The van der Waals surface area contributed by atoms with Crippen LogP contribution in [-0.2, 0) is 4.79 Å². The molecule has 1 N–H and O–H groups in total. The van der Waals surface area contributed by atoms with Gasteiger partial charge in [-0.1, -0.05) is 0 Å². The zero-order chi connectivity index (χ0) is 14.6. The molecule has 0 bridgehead atoms. The summed E-state index contributed by atoms with van der Waals surface area (Å²) >= 11 is 0. The highest BCUT2D eigenvalue weighted by Crippen LogP contribution is 2.48. The number of carbonyl (C=O) groups is 1. The molecule has 2 saturated carbocycles. The molecule has 3 aliphatic rings. The van der Waals surface area contributed by atoms with Crippen LogP contribution in [0.5, 0.6) is 0 Å². The maximum atomic E-state index is 12.6. The van der Waals surface area contributed by atoms with Crippen molar-refractivity contribution in [3.63, 3.8) is 0 Å². The molecule has 1 aromatic rings. The van der Waals surface area contributed by atoms with E-state index in [1.165, 1.54) is 18.6 Å². The average molecular weight is 287 g/mol. The number of nitro benzene ring substituents is 1. The van der Waals surface area contributed by atoms with Gasteiger partial charge < -0.3 is 4.90 Å². The summed E-state index contributed by atoms with van der Waals surface area (Å²) in [6.45, 7) is 0. The Hall–Kier alpha value is -1.95. The number of benzene rings is 1. The van der Waals surface area contributed by atoms with E-state index in [0.29, 0.717) is 6.04 Å². The summed E-state index contributed by atoms with van der Waals surface area (Å²) in [6, 6.07) is 6.87. The molecule has 3 fully saturated rings. The van der Waals surface area contributed by atoms with Crippen LogP contribution in [0.2, 0.25) is 0 Å². The number of rotatable bonds is 3. The lowest BCUT2D eigenvalue weighted by atomic mass is 9.90. The van der Waals surface area contributed by atoms with Gasteiger partial charge in [-0.2, -0.15) is 0 Å². The minimum atomic E-state index is -0.400. The summed E-state index contributed by atoms with van der Waals surface area (Å²) < 4.78 is 0. The van der Waals surface area contributed by atoms with E-state index in [0.717, 1.165) is 31.2 Å². The van der Waals surface area contributed by atoms with Crippen molar-refractivity contribution in [2.24, 2.45) is 0 Å². The van der Waals surface area contributed by atoms with Crippen LogP contribution in [-0.4, -0.2) is 27.3 Å². The van der Waals surface area contributed by atoms with Crippen molar-refractivity contribution in [3.8, 4) is 0 Å². The average Bonchev–Trinajstić information content (AvgIpc) is 3.15. The lowest BCUT2D eigenvalue weighted by Gasteiger charge is -2.38. The second-order valence-corrected chi connectivity index (χ2v) is 6.27. The molecule has 1 spiro atoms. The summed E-state index contributed by atoms with van der Waals surface area (Å²) in [5.74, 6) is 0.218. The van der Waals surface area contributed by atoms with E-state index < -0.39 is 4.92 Å². The molecule has 1 unspecified atom stereocenters. The van der Waals surface area contributed by atoms with Crippen LogP contribution in [0.3, 0.4) is 0 Å². The Morgan fingerprint density at radius 3 is 2.38 bits per heavy atom. The van der Waals surface area contributed by atoms with Crippen molar-refractivity contribution in [2.75, 3.05) is 0 Å². The quantitative estimate of drug-likeness (QED) is 0.682. The zero-order valence-electron chi connectivity index (χ0n) is 11.6. The lowest BCUT2D eigenvalue weighted by molar-refractivity contribution is -0.384. The lowest BCUT2D eigenvalue weighted by Crippen LogP contribution is -2.44. The van der Waals surface area contributed by atoms with Gasteiger partial charge in [0.2, 0.25) is 5.91 Å². The van der Waals surface area contributed by atoms with Gasteiger partial charge in [0.15, 0.2) is 0 Å². The predicted molar refractivity (Wildman–Crippen MR) is 75.4 cm³/mol. The van der Waals surface area contributed by atoms with E-state index in [4.69, 9.17) is 0 Å². The summed E-state index contributed by atoms with van der Waals surface area (Å²) in [4.78, 5) is 25.0. The highest BCUT2D eigenvalue weighted by molar-refractivity contribution is 5.92. The molecule has 1 saturated heterocycles. The number of amides is 1. The number of nitrogens with zero attached hydrogens (tertiary/aromatic N) is 2. The Morgan fingerprint density at radius 1 is 1.24 bits per heavy atom.